The van der Waals surface area contributed by atoms with Crippen molar-refractivity contribution in [1.29, 1.82) is 0 Å². The van der Waals surface area contributed by atoms with Crippen molar-refractivity contribution in [2.24, 2.45) is 23.7 Å². The molecule has 14 heavy (non-hydrogen) atoms. The van der Waals surface area contributed by atoms with Gasteiger partial charge in [-0.05, 0) is 55.8 Å². The predicted molar refractivity (Wildman–Crippen MR) is 52.3 cm³/mol. The number of aliphatic hydroxyl groups is 1. The number of rotatable bonds is 2. The lowest BCUT2D eigenvalue weighted by Gasteiger charge is -2.58. The molecule has 0 aliphatic heterocycles. The van der Waals surface area contributed by atoms with Crippen LogP contribution in [0.4, 0.5) is 0 Å². The molecule has 4 saturated carbocycles. The molecule has 0 aromatic carbocycles. The first kappa shape index (κ1) is 8.90. The van der Waals surface area contributed by atoms with Crippen LogP contribution in [0.1, 0.15) is 38.5 Å². The van der Waals surface area contributed by atoms with Crippen LogP contribution < -0.4 is 0 Å². The van der Waals surface area contributed by atoms with E-state index in [1.807, 2.05) is 6.29 Å². The molecule has 4 bridgehead atoms. The van der Waals surface area contributed by atoms with Gasteiger partial charge in [0.1, 0.15) is 0 Å². The van der Waals surface area contributed by atoms with Crippen molar-refractivity contribution < 1.29 is 9.90 Å². The Hall–Kier alpha value is -0.370. The third-order valence-corrected chi connectivity index (χ3v) is 4.91. The molecule has 1 radical (unpaired) electrons. The summed E-state index contributed by atoms with van der Waals surface area (Å²) in [7, 11) is 0. The first-order chi connectivity index (χ1) is 6.72. The highest BCUT2D eigenvalue weighted by atomic mass is 16.3. The van der Waals surface area contributed by atoms with Gasteiger partial charge < -0.3 is 5.11 Å². The van der Waals surface area contributed by atoms with Crippen molar-refractivity contribution in [3.8, 4) is 0 Å². The van der Waals surface area contributed by atoms with E-state index in [-0.39, 0.29) is 6.42 Å². The average molecular weight is 193 g/mol. The molecule has 4 aliphatic rings. The maximum absolute atomic E-state index is 10.5. The van der Waals surface area contributed by atoms with E-state index in [1.54, 1.807) is 0 Å². The van der Waals surface area contributed by atoms with Crippen molar-refractivity contribution in [3.63, 3.8) is 0 Å². The maximum Gasteiger partial charge on any atom is 0.201 e. The monoisotopic (exact) mass is 193 g/mol. The van der Waals surface area contributed by atoms with Crippen LogP contribution in [0.3, 0.4) is 0 Å². The third kappa shape index (κ3) is 1.04. The van der Waals surface area contributed by atoms with Crippen molar-refractivity contribution >= 4 is 6.29 Å². The Kier molecular flexibility index (Phi) is 1.79. The van der Waals surface area contributed by atoms with Gasteiger partial charge in [-0.1, -0.05) is 0 Å². The Balaban J connectivity index is 1.90. The largest absolute Gasteiger partial charge is 0.389 e. The van der Waals surface area contributed by atoms with Gasteiger partial charge >= 0.3 is 0 Å². The Morgan fingerprint density at radius 1 is 1.07 bits per heavy atom. The molecule has 2 heteroatoms. The Bertz CT molecular complexity index is 231. The summed E-state index contributed by atoms with van der Waals surface area (Å²) in [5, 5.41) is 10.5. The minimum Gasteiger partial charge on any atom is -0.389 e. The molecule has 4 fully saturated rings. The van der Waals surface area contributed by atoms with Crippen molar-refractivity contribution in [1.82, 2.24) is 0 Å². The zero-order chi connectivity index (χ0) is 9.76. The van der Waals surface area contributed by atoms with Crippen LogP contribution in [0.5, 0.6) is 0 Å². The lowest BCUT2D eigenvalue weighted by Crippen LogP contribution is -2.57. The summed E-state index contributed by atoms with van der Waals surface area (Å²) < 4.78 is 0. The van der Waals surface area contributed by atoms with Crippen LogP contribution in [0.15, 0.2) is 0 Å². The molecule has 0 spiro atoms. The normalized spacial score (nSPS) is 54.9. The van der Waals surface area contributed by atoms with E-state index >= 15 is 0 Å². The van der Waals surface area contributed by atoms with E-state index in [4.69, 9.17) is 0 Å². The van der Waals surface area contributed by atoms with Crippen LogP contribution in [-0.4, -0.2) is 17.0 Å². The molecule has 0 unspecified atom stereocenters. The Morgan fingerprint density at radius 2 is 1.57 bits per heavy atom. The minimum absolute atomic E-state index is 0.252. The first-order valence-electron chi connectivity index (χ1n) is 5.79. The van der Waals surface area contributed by atoms with Gasteiger partial charge in [-0.25, -0.2) is 0 Å². The molecule has 0 atom stereocenters. The lowest BCUT2D eigenvalue weighted by atomic mass is 9.49. The summed E-state index contributed by atoms with van der Waals surface area (Å²) in [6.07, 6.45) is 8.20. The number of hydrogen-bond acceptors (Lipinski definition) is 2. The van der Waals surface area contributed by atoms with E-state index in [1.165, 1.54) is 6.42 Å². The molecule has 1 N–H and O–H groups in total. The molecule has 0 aromatic heterocycles. The fourth-order valence-corrected chi connectivity index (χ4v) is 4.40. The number of carbonyl (C=O) groups excluding carboxylic acids is 1. The first-order valence-corrected chi connectivity index (χ1v) is 5.79. The van der Waals surface area contributed by atoms with Gasteiger partial charge in [0.2, 0.25) is 6.29 Å². The van der Waals surface area contributed by atoms with E-state index in [2.05, 4.69) is 0 Å². The highest BCUT2D eigenvalue weighted by Crippen LogP contribution is 2.58. The Labute approximate surface area is 84.7 Å². The Morgan fingerprint density at radius 3 is 2.00 bits per heavy atom. The SMILES string of the molecule is O=[C]CC1(O)C2CC3CC(C2)CC1C3. The molecule has 4 rings (SSSR count). The van der Waals surface area contributed by atoms with Crippen molar-refractivity contribution in [3.05, 3.63) is 0 Å². The van der Waals surface area contributed by atoms with Gasteiger partial charge in [0.25, 0.3) is 0 Å². The zero-order valence-corrected chi connectivity index (χ0v) is 8.41. The maximum atomic E-state index is 10.5. The third-order valence-electron chi connectivity index (χ3n) is 4.91. The highest BCUT2D eigenvalue weighted by Gasteiger charge is 2.56. The molecule has 4 aliphatic carbocycles. The molecule has 0 amide bonds. The summed E-state index contributed by atoms with van der Waals surface area (Å²) in [4.78, 5) is 10.5. The van der Waals surface area contributed by atoms with Gasteiger partial charge in [0, 0.05) is 6.42 Å². The molecular formula is C12H17O2. The standard InChI is InChI=1S/C12H17O2/c13-2-1-12(14)10-4-8-3-9(6-10)7-11(12)5-8/h8-11,14H,1,3-7H2. The van der Waals surface area contributed by atoms with Crippen molar-refractivity contribution in [2.75, 3.05) is 0 Å². The smallest absolute Gasteiger partial charge is 0.201 e. The van der Waals surface area contributed by atoms with E-state index in [9.17, 15) is 9.90 Å². The van der Waals surface area contributed by atoms with Crippen LogP contribution in [-0.2, 0) is 4.79 Å². The highest BCUT2D eigenvalue weighted by molar-refractivity contribution is 5.53. The van der Waals surface area contributed by atoms with Crippen LogP contribution >= 0.6 is 0 Å². The fourth-order valence-electron chi connectivity index (χ4n) is 4.40. The lowest BCUT2D eigenvalue weighted by molar-refractivity contribution is -0.168. The molecule has 77 valence electrons. The van der Waals surface area contributed by atoms with Gasteiger partial charge in [-0.15, -0.1) is 0 Å². The summed E-state index contributed by atoms with van der Waals surface area (Å²) in [5.41, 5.74) is -0.671. The predicted octanol–water partition coefficient (Wildman–Crippen LogP) is 1.67. The second kappa shape index (κ2) is 2.82. The fraction of sp³-hybridized carbons (Fsp3) is 0.917. The molecule has 2 nitrogen and oxygen atoms in total. The summed E-state index contributed by atoms with van der Waals surface area (Å²) in [6, 6.07) is 0. The van der Waals surface area contributed by atoms with Gasteiger partial charge in [-0.2, -0.15) is 0 Å². The molecule has 0 aromatic rings. The van der Waals surface area contributed by atoms with E-state index in [0.29, 0.717) is 11.8 Å². The van der Waals surface area contributed by atoms with E-state index < -0.39 is 5.60 Å². The van der Waals surface area contributed by atoms with E-state index in [0.717, 1.165) is 37.5 Å². The topological polar surface area (TPSA) is 37.3 Å². The second-order valence-electron chi connectivity index (χ2n) is 5.62. The summed E-state index contributed by atoms with van der Waals surface area (Å²) in [5.74, 6) is 2.51. The molecule has 0 heterocycles. The molecule has 0 saturated heterocycles. The summed E-state index contributed by atoms with van der Waals surface area (Å²) in [6.45, 7) is 0. The summed E-state index contributed by atoms with van der Waals surface area (Å²) >= 11 is 0. The zero-order valence-electron chi connectivity index (χ0n) is 8.41. The number of hydrogen-bond donors (Lipinski definition) is 1. The quantitative estimate of drug-likeness (QED) is 0.724. The second-order valence-corrected chi connectivity index (χ2v) is 5.62. The van der Waals surface area contributed by atoms with Crippen LogP contribution in [0, 0.1) is 23.7 Å². The van der Waals surface area contributed by atoms with Crippen LogP contribution in [0.25, 0.3) is 0 Å². The molecular weight excluding hydrogens is 176 g/mol. The van der Waals surface area contributed by atoms with Gasteiger partial charge in [-0.3, -0.25) is 4.79 Å². The van der Waals surface area contributed by atoms with Gasteiger partial charge in [0.05, 0.1) is 5.60 Å². The average Bonchev–Trinajstić information content (AvgIpc) is 2.14. The van der Waals surface area contributed by atoms with Crippen LogP contribution in [0.2, 0.25) is 0 Å². The minimum atomic E-state index is -0.671. The van der Waals surface area contributed by atoms with Crippen molar-refractivity contribution in [2.45, 2.75) is 44.1 Å². The van der Waals surface area contributed by atoms with Gasteiger partial charge in [0.15, 0.2) is 0 Å².